The summed E-state index contributed by atoms with van der Waals surface area (Å²) in [6, 6.07) is 2.52. The van der Waals surface area contributed by atoms with Crippen molar-refractivity contribution in [3.63, 3.8) is 0 Å². The van der Waals surface area contributed by atoms with Crippen LogP contribution in [0.5, 0.6) is 0 Å². The Hall–Kier alpha value is -1.26. The van der Waals surface area contributed by atoms with E-state index in [9.17, 15) is 0 Å². The van der Waals surface area contributed by atoms with Crippen molar-refractivity contribution in [2.24, 2.45) is 13.0 Å². The molecule has 1 aliphatic heterocycles. The molecule has 0 amide bonds. The molecule has 1 aromatic rings. The van der Waals surface area contributed by atoms with Gasteiger partial charge in [0.15, 0.2) is 0 Å². The number of rotatable bonds is 2. The van der Waals surface area contributed by atoms with E-state index in [-0.39, 0.29) is 12.4 Å². The van der Waals surface area contributed by atoms with Gasteiger partial charge in [0.25, 0.3) is 0 Å². The molecule has 2 N–H and O–H groups in total. The van der Waals surface area contributed by atoms with Gasteiger partial charge in [-0.05, 0) is 25.3 Å². The summed E-state index contributed by atoms with van der Waals surface area (Å²) in [6.45, 7) is 2.09. The molecule has 2 unspecified atom stereocenters. The molecule has 0 saturated carbocycles. The molecule has 0 aromatic carbocycles. The van der Waals surface area contributed by atoms with Crippen LogP contribution < -0.4 is 5.73 Å². The molecule has 2 atom stereocenters. The van der Waals surface area contributed by atoms with Crippen LogP contribution in [0.2, 0.25) is 0 Å². The molecular weight excluding hydrogens is 260 g/mol. The molecule has 1 fully saturated rings. The minimum Gasteiger partial charge on any atom is -0.382 e. The lowest BCUT2D eigenvalue weighted by Crippen LogP contribution is -2.43. The lowest BCUT2D eigenvalue weighted by atomic mass is 9.86. The quantitative estimate of drug-likeness (QED) is 0.903. The Labute approximate surface area is 120 Å². The largest absolute Gasteiger partial charge is 0.382 e. The topological polar surface area (TPSA) is 47.1 Å². The Morgan fingerprint density at radius 1 is 1.37 bits per heavy atom. The van der Waals surface area contributed by atoms with Crippen molar-refractivity contribution >= 4 is 18.2 Å². The molecule has 104 valence electrons. The van der Waals surface area contributed by atoms with Gasteiger partial charge in [-0.25, -0.2) is 0 Å². The van der Waals surface area contributed by atoms with Crippen molar-refractivity contribution < 1.29 is 0 Å². The Balaban J connectivity index is 0.00000133. The van der Waals surface area contributed by atoms with Crippen molar-refractivity contribution in [3.8, 4) is 0 Å². The summed E-state index contributed by atoms with van der Waals surface area (Å²) in [5, 5.41) is 4.22. The van der Waals surface area contributed by atoms with Crippen molar-refractivity contribution in [3.05, 3.63) is 36.1 Å². The Bertz CT molecular complexity index is 492. The molecule has 5 heteroatoms. The fraction of sp³-hybridized carbons (Fsp3) is 0.500. The summed E-state index contributed by atoms with van der Waals surface area (Å²) in [7, 11) is 1.96. The van der Waals surface area contributed by atoms with Crippen LogP contribution in [-0.2, 0) is 13.6 Å². The molecule has 0 spiro atoms. The van der Waals surface area contributed by atoms with E-state index in [1.807, 2.05) is 17.8 Å². The lowest BCUT2D eigenvalue weighted by Gasteiger charge is -2.39. The minimum atomic E-state index is 0. The normalized spacial score (nSPS) is 25.9. The average Bonchev–Trinajstić information content (AvgIpc) is 2.68. The van der Waals surface area contributed by atoms with Crippen LogP contribution in [0.15, 0.2) is 30.4 Å². The van der Waals surface area contributed by atoms with Gasteiger partial charge < -0.3 is 5.73 Å². The molecule has 2 heterocycles. The summed E-state index contributed by atoms with van der Waals surface area (Å²) in [5.74, 6) is 1.29. The fourth-order valence-corrected chi connectivity index (χ4v) is 3.05. The number of nitrogens with two attached hydrogens (primary N) is 1. The van der Waals surface area contributed by atoms with Gasteiger partial charge in [-0.3, -0.25) is 9.58 Å². The molecule has 1 aromatic heterocycles. The third-order valence-corrected chi connectivity index (χ3v) is 3.98. The Morgan fingerprint density at radius 3 is 2.89 bits per heavy atom. The van der Waals surface area contributed by atoms with Gasteiger partial charge in [-0.15, -0.1) is 12.4 Å². The van der Waals surface area contributed by atoms with Crippen LogP contribution in [0.25, 0.3) is 0 Å². The molecule has 0 radical (unpaired) electrons. The van der Waals surface area contributed by atoms with Crippen LogP contribution >= 0.6 is 12.4 Å². The molecule has 3 rings (SSSR count). The van der Waals surface area contributed by atoms with Crippen LogP contribution in [0, 0.1) is 5.92 Å². The molecule has 19 heavy (non-hydrogen) atoms. The smallest absolute Gasteiger partial charge is 0.145 e. The van der Waals surface area contributed by atoms with Crippen LogP contribution in [-0.4, -0.2) is 27.3 Å². The van der Waals surface area contributed by atoms with Crippen molar-refractivity contribution in [1.82, 2.24) is 14.7 Å². The standard InChI is InChI=1S/C14H20N4.ClH/c1-17-12(9-14(15)16-17)10-18-8-4-6-11-5-2-3-7-13(11)18;/h2-3,5,7,9,11,13H,4,6,8,10H2,1H3,(H2,15,16);1H. The van der Waals surface area contributed by atoms with Crippen molar-refractivity contribution in [1.29, 1.82) is 0 Å². The first-order valence-electron chi connectivity index (χ1n) is 6.61. The van der Waals surface area contributed by atoms with E-state index in [0.717, 1.165) is 13.1 Å². The van der Waals surface area contributed by atoms with E-state index in [1.54, 1.807) is 0 Å². The first-order chi connectivity index (χ1) is 8.74. The predicted octanol–water partition coefficient (Wildman–Crippen LogP) is 2.13. The number of fused-ring (bicyclic) bond motifs is 1. The van der Waals surface area contributed by atoms with E-state index >= 15 is 0 Å². The predicted molar refractivity (Wildman–Crippen MR) is 80.1 cm³/mol. The maximum atomic E-state index is 5.74. The Kier molecular flexibility index (Phi) is 4.32. The summed E-state index contributed by atoms with van der Waals surface area (Å²) >= 11 is 0. The summed E-state index contributed by atoms with van der Waals surface area (Å²) in [4.78, 5) is 2.53. The monoisotopic (exact) mass is 280 g/mol. The van der Waals surface area contributed by atoms with Crippen molar-refractivity contribution in [2.75, 3.05) is 12.3 Å². The average molecular weight is 281 g/mol. The highest BCUT2D eigenvalue weighted by Gasteiger charge is 2.29. The first kappa shape index (κ1) is 14.2. The van der Waals surface area contributed by atoms with E-state index in [0.29, 0.717) is 17.8 Å². The first-order valence-corrected chi connectivity index (χ1v) is 6.61. The van der Waals surface area contributed by atoms with E-state index in [1.165, 1.54) is 18.5 Å². The maximum Gasteiger partial charge on any atom is 0.145 e. The zero-order chi connectivity index (χ0) is 12.5. The number of nitrogens with zero attached hydrogens (tertiary/aromatic N) is 3. The second-order valence-corrected chi connectivity index (χ2v) is 5.22. The number of likely N-dealkylation sites (tertiary alicyclic amines) is 1. The Morgan fingerprint density at radius 2 is 2.16 bits per heavy atom. The van der Waals surface area contributed by atoms with Gasteiger partial charge in [-0.2, -0.15) is 5.10 Å². The molecule has 1 saturated heterocycles. The number of aromatic nitrogens is 2. The van der Waals surface area contributed by atoms with Crippen LogP contribution in [0.1, 0.15) is 18.5 Å². The summed E-state index contributed by atoms with van der Waals surface area (Å²) in [6.07, 6.45) is 11.6. The highest BCUT2D eigenvalue weighted by Crippen LogP contribution is 2.29. The van der Waals surface area contributed by atoms with Crippen LogP contribution in [0.3, 0.4) is 0 Å². The van der Waals surface area contributed by atoms with E-state index in [4.69, 9.17) is 5.73 Å². The molecule has 4 nitrogen and oxygen atoms in total. The molecular formula is C14H21ClN4. The SMILES string of the molecule is Cl.Cn1nc(N)cc1CN1CCCC2C=CC=CC21. The second-order valence-electron chi connectivity index (χ2n) is 5.22. The molecule has 1 aliphatic carbocycles. The summed E-state index contributed by atoms with van der Waals surface area (Å²) < 4.78 is 1.89. The highest BCUT2D eigenvalue weighted by molar-refractivity contribution is 5.85. The minimum absolute atomic E-state index is 0. The number of halogens is 1. The number of allylic oxidation sites excluding steroid dienone is 2. The fourth-order valence-electron chi connectivity index (χ4n) is 3.05. The van der Waals surface area contributed by atoms with E-state index in [2.05, 4.69) is 34.3 Å². The van der Waals surface area contributed by atoms with E-state index < -0.39 is 0 Å². The number of hydrogen-bond acceptors (Lipinski definition) is 3. The lowest BCUT2D eigenvalue weighted by molar-refractivity contribution is 0.134. The summed E-state index contributed by atoms with van der Waals surface area (Å²) in [5.41, 5.74) is 6.93. The number of piperidine rings is 1. The second kappa shape index (κ2) is 5.80. The molecule has 0 bridgehead atoms. The highest BCUT2D eigenvalue weighted by atomic mass is 35.5. The molecule has 2 aliphatic rings. The third-order valence-electron chi connectivity index (χ3n) is 3.98. The zero-order valence-corrected chi connectivity index (χ0v) is 12.0. The van der Waals surface area contributed by atoms with Gasteiger partial charge in [0, 0.05) is 25.7 Å². The third kappa shape index (κ3) is 2.85. The van der Waals surface area contributed by atoms with Gasteiger partial charge in [0.05, 0.1) is 5.69 Å². The van der Waals surface area contributed by atoms with Gasteiger partial charge in [-0.1, -0.05) is 24.3 Å². The number of aryl methyl sites for hydroxylation is 1. The zero-order valence-electron chi connectivity index (χ0n) is 11.2. The van der Waals surface area contributed by atoms with Gasteiger partial charge in [0.1, 0.15) is 5.82 Å². The van der Waals surface area contributed by atoms with Crippen LogP contribution in [0.4, 0.5) is 5.82 Å². The number of anilines is 1. The maximum absolute atomic E-state index is 5.74. The number of nitrogen functional groups attached to an aromatic ring is 1. The van der Waals surface area contributed by atoms with Gasteiger partial charge >= 0.3 is 0 Å². The van der Waals surface area contributed by atoms with Gasteiger partial charge in [0.2, 0.25) is 0 Å². The number of hydrogen-bond donors (Lipinski definition) is 1. The van der Waals surface area contributed by atoms with Crippen molar-refractivity contribution in [2.45, 2.75) is 25.4 Å².